The van der Waals surface area contributed by atoms with Crippen molar-refractivity contribution in [2.75, 3.05) is 0 Å². The maximum atomic E-state index is 13.2. The zero-order valence-electron chi connectivity index (χ0n) is 13.7. The maximum absolute atomic E-state index is 13.2. The third-order valence-electron chi connectivity index (χ3n) is 3.84. The molecule has 1 aliphatic heterocycles. The van der Waals surface area contributed by atoms with Crippen LogP contribution in [0, 0.1) is 0 Å². The monoisotopic (exact) mass is 402 g/mol. The average Bonchev–Trinajstić information content (AvgIpc) is 3.18. The summed E-state index contributed by atoms with van der Waals surface area (Å²) in [7, 11) is 0. The van der Waals surface area contributed by atoms with E-state index in [0.29, 0.717) is 10.8 Å². The van der Waals surface area contributed by atoms with Gasteiger partial charge in [0.2, 0.25) is 0 Å². The van der Waals surface area contributed by atoms with E-state index < -0.39 is 30.0 Å². The van der Waals surface area contributed by atoms with E-state index >= 15 is 0 Å². The number of hydrogen-bond donors (Lipinski definition) is 2. The van der Waals surface area contributed by atoms with Crippen molar-refractivity contribution in [1.29, 1.82) is 0 Å². The van der Waals surface area contributed by atoms with Crippen molar-refractivity contribution in [3.63, 3.8) is 0 Å². The summed E-state index contributed by atoms with van der Waals surface area (Å²) in [6.07, 6.45) is -5.97. The molecule has 6 nitrogen and oxygen atoms in total. The quantitative estimate of drug-likeness (QED) is 0.817. The molecule has 1 aliphatic rings. The SMILES string of the molecule is C=C1CC(O)(C(F)(F)F)N(C(=O)c2ccc(COc3ccccc3Cl)o2)N1. The lowest BCUT2D eigenvalue weighted by atomic mass is 10.1. The zero-order chi connectivity index (χ0) is 19.8. The van der Waals surface area contributed by atoms with E-state index in [1.807, 2.05) is 0 Å². The number of para-hydroxylation sites is 1. The van der Waals surface area contributed by atoms with E-state index in [2.05, 4.69) is 12.0 Å². The molecule has 1 fully saturated rings. The fourth-order valence-electron chi connectivity index (χ4n) is 2.50. The van der Waals surface area contributed by atoms with Crippen LogP contribution in [-0.2, 0) is 6.61 Å². The molecule has 0 radical (unpaired) electrons. The summed E-state index contributed by atoms with van der Waals surface area (Å²) in [5.41, 5.74) is -1.44. The van der Waals surface area contributed by atoms with Gasteiger partial charge in [-0.3, -0.25) is 10.2 Å². The number of nitrogens with zero attached hydrogens (tertiary/aromatic N) is 1. The van der Waals surface area contributed by atoms with Gasteiger partial charge in [-0.25, -0.2) is 5.01 Å². The Balaban J connectivity index is 1.75. The number of aliphatic hydroxyl groups is 1. The normalized spacial score (nSPS) is 19.9. The van der Waals surface area contributed by atoms with Crippen LogP contribution in [0.3, 0.4) is 0 Å². The third-order valence-corrected chi connectivity index (χ3v) is 4.15. The van der Waals surface area contributed by atoms with E-state index in [4.69, 9.17) is 20.8 Å². The fourth-order valence-corrected chi connectivity index (χ4v) is 2.69. The summed E-state index contributed by atoms with van der Waals surface area (Å²) >= 11 is 5.95. The van der Waals surface area contributed by atoms with Gasteiger partial charge < -0.3 is 14.3 Å². The first kappa shape index (κ1) is 19.1. The second kappa shape index (κ2) is 6.82. The number of hydrazine groups is 1. The van der Waals surface area contributed by atoms with Crippen LogP contribution in [0.2, 0.25) is 5.02 Å². The predicted molar refractivity (Wildman–Crippen MR) is 88.6 cm³/mol. The van der Waals surface area contributed by atoms with Crippen molar-refractivity contribution in [3.05, 3.63) is 65.2 Å². The molecule has 1 atom stereocenters. The minimum atomic E-state index is -5.09. The van der Waals surface area contributed by atoms with E-state index in [9.17, 15) is 23.1 Å². The largest absolute Gasteiger partial charge is 0.484 e. The molecule has 2 heterocycles. The van der Waals surface area contributed by atoms with Gasteiger partial charge in [0.05, 0.1) is 5.02 Å². The molecule has 1 amide bonds. The highest BCUT2D eigenvalue weighted by molar-refractivity contribution is 6.32. The summed E-state index contributed by atoms with van der Waals surface area (Å²) < 4.78 is 50.3. The molecule has 0 aliphatic carbocycles. The van der Waals surface area contributed by atoms with Crippen LogP contribution in [0.1, 0.15) is 22.7 Å². The number of alkyl halides is 3. The standard InChI is InChI=1S/C17H14ClF3N2O4/c1-10-8-16(25,17(19,20)21)23(22-10)15(24)14-7-6-11(27-14)9-26-13-5-3-2-4-12(13)18/h2-7,22,25H,1,8-9H2. The molecule has 2 N–H and O–H groups in total. The molecule has 2 aromatic rings. The molecule has 1 saturated heterocycles. The van der Waals surface area contributed by atoms with E-state index in [-0.39, 0.29) is 23.1 Å². The Bertz CT molecular complexity index is 883. The zero-order valence-corrected chi connectivity index (χ0v) is 14.5. The van der Waals surface area contributed by atoms with Crippen molar-refractivity contribution < 1.29 is 32.2 Å². The Labute approximate surface area is 156 Å². The molecule has 0 spiro atoms. The van der Waals surface area contributed by atoms with Gasteiger partial charge in [0.1, 0.15) is 18.1 Å². The topological polar surface area (TPSA) is 74.9 Å². The maximum Gasteiger partial charge on any atom is 0.438 e. The third kappa shape index (κ3) is 3.60. The first-order chi connectivity index (χ1) is 12.6. The summed E-state index contributed by atoms with van der Waals surface area (Å²) in [5, 5.41) is 10.4. The molecule has 0 saturated carbocycles. The van der Waals surface area contributed by atoms with Crippen molar-refractivity contribution in [1.82, 2.24) is 10.4 Å². The minimum Gasteiger partial charge on any atom is -0.484 e. The van der Waals surface area contributed by atoms with E-state index in [1.165, 1.54) is 12.1 Å². The molecule has 144 valence electrons. The molecule has 27 heavy (non-hydrogen) atoms. The van der Waals surface area contributed by atoms with E-state index in [1.54, 1.807) is 24.3 Å². The number of benzene rings is 1. The second-order valence-corrected chi connectivity index (χ2v) is 6.24. The summed E-state index contributed by atoms with van der Waals surface area (Å²) in [5.74, 6) is -1.03. The van der Waals surface area contributed by atoms with Crippen molar-refractivity contribution in [2.24, 2.45) is 0 Å². The number of rotatable bonds is 4. The first-order valence-corrected chi connectivity index (χ1v) is 8.04. The fraction of sp³-hybridized carbons (Fsp3) is 0.235. The molecule has 1 unspecified atom stereocenters. The molecule has 3 rings (SSSR count). The van der Waals surface area contributed by atoms with Crippen molar-refractivity contribution in [2.45, 2.75) is 24.9 Å². The molecular formula is C17H14ClF3N2O4. The van der Waals surface area contributed by atoms with Crippen LogP contribution in [0.5, 0.6) is 5.75 Å². The Morgan fingerprint density at radius 1 is 1.37 bits per heavy atom. The summed E-state index contributed by atoms with van der Waals surface area (Å²) in [6, 6.07) is 9.24. The van der Waals surface area contributed by atoms with E-state index in [0.717, 1.165) is 0 Å². The summed E-state index contributed by atoms with van der Waals surface area (Å²) in [6.45, 7) is 3.24. The molecule has 0 bridgehead atoms. The molecular weight excluding hydrogens is 389 g/mol. The number of halogens is 4. The highest BCUT2D eigenvalue weighted by Crippen LogP contribution is 2.41. The Morgan fingerprint density at radius 2 is 2.07 bits per heavy atom. The van der Waals surface area contributed by atoms with Gasteiger partial charge in [-0.05, 0) is 24.3 Å². The predicted octanol–water partition coefficient (Wildman–Crippen LogP) is 3.63. The second-order valence-electron chi connectivity index (χ2n) is 5.83. The Kier molecular flexibility index (Phi) is 4.83. The van der Waals surface area contributed by atoms with Crippen molar-refractivity contribution in [3.8, 4) is 5.75 Å². The number of hydrogen-bond acceptors (Lipinski definition) is 5. The lowest BCUT2D eigenvalue weighted by Crippen LogP contribution is -2.59. The van der Waals surface area contributed by atoms with Crippen LogP contribution in [-0.4, -0.2) is 27.9 Å². The first-order valence-electron chi connectivity index (χ1n) is 7.66. The van der Waals surface area contributed by atoms with Crippen LogP contribution in [0.15, 0.2) is 53.1 Å². The number of carbonyl (C=O) groups excluding carboxylic acids is 1. The van der Waals surface area contributed by atoms with Gasteiger partial charge in [0, 0.05) is 12.1 Å². The lowest BCUT2D eigenvalue weighted by molar-refractivity contribution is -0.299. The molecule has 1 aromatic heterocycles. The Hall–Kier alpha value is -2.65. The highest BCUT2D eigenvalue weighted by Gasteiger charge is 2.63. The van der Waals surface area contributed by atoms with Crippen LogP contribution in [0.25, 0.3) is 0 Å². The van der Waals surface area contributed by atoms with Gasteiger partial charge >= 0.3 is 12.1 Å². The van der Waals surface area contributed by atoms with Crippen LogP contribution in [0.4, 0.5) is 13.2 Å². The molecule has 1 aromatic carbocycles. The minimum absolute atomic E-state index is 0.0624. The Morgan fingerprint density at radius 3 is 2.74 bits per heavy atom. The van der Waals surface area contributed by atoms with Crippen molar-refractivity contribution >= 4 is 17.5 Å². The number of carbonyl (C=O) groups is 1. The van der Waals surface area contributed by atoms with Crippen LogP contribution < -0.4 is 10.2 Å². The molecule has 10 heteroatoms. The summed E-state index contributed by atoms with van der Waals surface area (Å²) in [4.78, 5) is 12.4. The van der Waals surface area contributed by atoms with Gasteiger partial charge in [-0.2, -0.15) is 13.2 Å². The van der Waals surface area contributed by atoms with Gasteiger partial charge in [-0.15, -0.1) is 0 Å². The van der Waals surface area contributed by atoms with Gasteiger partial charge in [-0.1, -0.05) is 30.3 Å². The van der Waals surface area contributed by atoms with Crippen LogP contribution >= 0.6 is 11.6 Å². The number of nitrogens with one attached hydrogen (secondary N) is 1. The van der Waals surface area contributed by atoms with Gasteiger partial charge in [0.15, 0.2) is 5.76 Å². The van der Waals surface area contributed by atoms with Gasteiger partial charge in [0.25, 0.3) is 5.72 Å². The number of ether oxygens (including phenoxy) is 1. The highest BCUT2D eigenvalue weighted by atomic mass is 35.5. The lowest BCUT2D eigenvalue weighted by Gasteiger charge is -2.32. The number of furan rings is 1. The smallest absolute Gasteiger partial charge is 0.438 e. The average molecular weight is 403 g/mol. The number of amides is 1.